The van der Waals surface area contributed by atoms with Gasteiger partial charge in [-0.3, -0.25) is 4.98 Å². The quantitative estimate of drug-likeness (QED) is 0.296. The number of halogens is 4. The molecular formula is C26H21ClF3N5O3. The number of carbonyl (C=O) groups excluding carboxylic acids is 1. The minimum absolute atomic E-state index is 0.0460. The van der Waals surface area contributed by atoms with Gasteiger partial charge in [0, 0.05) is 30.5 Å². The number of carbonyl (C=O) groups is 1. The minimum Gasteiger partial charge on any atom is -0.457 e. The predicted octanol–water partition coefficient (Wildman–Crippen LogP) is 6.57. The second-order valence-electron chi connectivity index (χ2n) is 8.38. The molecule has 0 spiro atoms. The van der Waals surface area contributed by atoms with Gasteiger partial charge in [-0.25, -0.2) is 9.78 Å². The second-order valence-corrected chi connectivity index (χ2v) is 8.78. The summed E-state index contributed by atoms with van der Waals surface area (Å²) in [5.41, 5.74) is 0.769. The molecule has 2 N–H and O–H groups in total. The molecule has 8 nitrogen and oxygen atoms in total. The van der Waals surface area contributed by atoms with Gasteiger partial charge >= 0.3 is 12.2 Å². The fraction of sp³-hybridized carbons (Fsp3) is 0.192. The smallest absolute Gasteiger partial charge is 0.417 e. The third-order valence-corrected chi connectivity index (χ3v) is 6.04. The van der Waals surface area contributed by atoms with E-state index in [0.717, 1.165) is 36.6 Å². The van der Waals surface area contributed by atoms with Crippen LogP contribution in [0.5, 0.6) is 11.5 Å². The van der Waals surface area contributed by atoms with Crippen molar-refractivity contribution in [1.29, 1.82) is 0 Å². The Bertz CT molecular complexity index is 1460. The van der Waals surface area contributed by atoms with Crippen molar-refractivity contribution in [3.8, 4) is 11.5 Å². The van der Waals surface area contributed by atoms with Gasteiger partial charge in [0.25, 0.3) is 0 Å². The van der Waals surface area contributed by atoms with Crippen molar-refractivity contribution < 1.29 is 27.4 Å². The maximum atomic E-state index is 13.0. The summed E-state index contributed by atoms with van der Waals surface area (Å²) in [5, 5.41) is 4.48. The van der Waals surface area contributed by atoms with Gasteiger partial charge in [-0.2, -0.15) is 13.2 Å². The van der Waals surface area contributed by atoms with Crippen LogP contribution in [-0.4, -0.2) is 42.3 Å². The number of ether oxygens (including phenoxy) is 2. The number of alkyl halides is 3. The van der Waals surface area contributed by atoms with Gasteiger partial charge in [0.2, 0.25) is 0 Å². The van der Waals surface area contributed by atoms with Crippen LogP contribution in [0.3, 0.4) is 0 Å². The Morgan fingerprint density at radius 1 is 0.921 bits per heavy atom. The van der Waals surface area contributed by atoms with E-state index in [2.05, 4.69) is 20.5 Å². The van der Waals surface area contributed by atoms with Crippen LogP contribution >= 0.6 is 11.6 Å². The zero-order valence-electron chi connectivity index (χ0n) is 19.8. The largest absolute Gasteiger partial charge is 0.457 e. The Kier molecular flexibility index (Phi) is 7.21. The summed E-state index contributed by atoms with van der Waals surface area (Å²) in [4.78, 5) is 23.6. The molecule has 12 heteroatoms. The summed E-state index contributed by atoms with van der Waals surface area (Å²) in [6.45, 7) is 2.80. The first kappa shape index (κ1) is 25.6. The van der Waals surface area contributed by atoms with Crippen LogP contribution in [0, 0.1) is 0 Å². The van der Waals surface area contributed by atoms with Crippen molar-refractivity contribution in [2.75, 3.05) is 41.8 Å². The van der Waals surface area contributed by atoms with Crippen molar-refractivity contribution >= 4 is 45.9 Å². The zero-order valence-corrected chi connectivity index (χ0v) is 20.5. The summed E-state index contributed by atoms with van der Waals surface area (Å²) in [7, 11) is 0. The van der Waals surface area contributed by atoms with Gasteiger partial charge in [0.15, 0.2) is 0 Å². The molecule has 5 rings (SSSR count). The first-order valence-electron chi connectivity index (χ1n) is 11.6. The van der Waals surface area contributed by atoms with E-state index >= 15 is 0 Å². The molecule has 2 heterocycles. The van der Waals surface area contributed by atoms with Crippen molar-refractivity contribution in [3.63, 3.8) is 0 Å². The fourth-order valence-electron chi connectivity index (χ4n) is 3.85. The Hall–Kier alpha value is -4.09. The predicted molar refractivity (Wildman–Crippen MR) is 138 cm³/mol. The normalized spacial score (nSPS) is 13.8. The number of fused-ring (bicyclic) bond motifs is 1. The van der Waals surface area contributed by atoms with Crippen molar-refractivity contribution in [2.24, 2.45) is 0 Å². The second kappa shape index (κ2) is 10.7. The molecular weight excluding hydrogens is 523 g/mol. The number of urea groups is 1. The number of nitrogens with zero attached hydrogens (tertiary/aromatic N) is 3. The number of benzene rings is 3. The number of hydrogen-bond acceptors (Lipinski definition) is 6. The van der Waals surface area contributed by atoms with E-state index in [-0.39, 0.29) is 5.69 Å². The van der Waals surface area contributed by atoms with E-state index in [1.165, 1.54) is 6.07 Å². The maximum absolute atomic E-state index is 13.0. The summed E-state index contributed by atoms with van der Waals surface area (Å²) in [5.74, 6) is 1.85. The van der Waals surface area contributed by atoms with Crippen LogP contribution in [0.1, 0.15) is 5.56 Å². The molecule has 1 fully saturated rings. The Balaban J connectivity index is 1.22. The van der Waals surface area contributed by atoms with E-state index in [0.29, 0.717) is 35.9 Å². The molecule has 1 aromatic heterocycles. The van der Waals surface area contributed by atoms with E-state index in [4.69, 9.17) is 26.1 Å². The van der Waals surface area contributed by atoms with Crippen molar-refractivity contribution in [2.45, 2.75) is 6.18 Å². The van der Waals surface area contributed by atoms with Crippen molar-refractivity contribution in [3.05, 3.63) is 77.4 Å². The summed E-state index contributed by atoms with van der Waals surface area (Å²) < 4.78 is 50.5. The molecule has 0 aliphatic carbocycles. The number of anilines is 3. The van der Waals surface area contributed by atoms with E-state index in [1.54, 1.807) is 42.6 Å². The van der Waals surface area contributed by atoms with Gasteiger partial charge in [-0.05, 0) is 54.6 Å². The van der Waals surface area contributed by atoms with Gasteiger partial charge in [0.05, 0.1) is 41.0 Å². The number of aromatic nitrogens is 2. The van der Waals surface area contributed by atoms with Crippen LogP contribution in [-0.2, 0) is 10.9 Å². The molecule has 1 aliphatic rings. The van der Waals surface area contributed by atoms with Gasteiger partial charge in [0.1, 0.15) is 17.3 Å². The van der Waals surface area contributed by atoms with Crippen LogP contribution in [0.4, 0.5) is 35.2 Å². The van der Waals surface area contributed by atoms with Gasteiger partial charge in [-0.15, -0.1) is 0 Å². The lowest BCUT2D eigenvalue weighted by atomic mass is 10.2. The standard InChI is InChI=1S/C26H21ClF3N5O3/c27-21-7-3-17(13-20(21)26(28,29)30)33-25(36)32-16-1-4-18(5-2-16)38-19-6-8-22-23(14-19)34-24(15-31-22)35-9-11-37-12-10-35/h1-8,13-15H,9-12H2,(H2,32,33,36). The third kappa shape index (κ3) is 6.06. The molecule has 0 bridgehead atoms. The number of morpholine rings is 1. The molecule has 0 saturated carbocycles. The number of rotatable bonds is 5. The highest BCUT2D eigenvalue weighted by atomic mass is 35.5. The topological polar surface area (TPSA) is 88.6 Å². The highest BCUT2D eigenvalue weighted by Gasteiger charge is 2.33. The lowest BCUT2D eigenvalue weighted by molar-refractivity contribution is -0.137. The molecule has 0 atom stereocenters. The molecule has 1 saturated heterocycles. The molecule has 3 aromatic carbocycles. The average molecular weight is 544 g/mol. The van der Waals surface area contributed by atoms with E-state index in [9.17, 15) is 18.0 Å². The lowest BCUT2D eigenvalue weighted by Crippen LogP contribution is -2.36. The van der Waals surface area contributed by atoms with Crippen LogP contribution in [0.15, 0.2) is 66.9 Å². The first-order valence-corrected chi connectivity index (χ1v) is 11.9. The summed E-state index contributed by atoms with van der Waals surface area (Å²) >= 11 is 5.61. The maximum Gasteiger partial charge on any atom is 0.417 e. The molecule has 38 heavy (non-hydrogen) atoms. The van der Waals surface area contributed by atoms with E-state index < -0.39 is 22.8 Å². The highest BCUT2D eigenvalue weighted by molar-refractivity contribution is 6.31. The van der Waals surface area contributed by atoms with Crippen molar-refractivity contribution in [1.82, 2.24) is 9.97 Å². The lowest BCUT2D eigenvalue weighted by Gasteiger charge is -2.27. The van der Waals surface area contributed by atoms with Crippen LogP contribution in [0.2, 0.25) is 5.02 Å². The third-order valence-electron chi connectivity index (χ3n) is 5.71. The summed E-state index contributed by atoms with van der Waals surface area (Å²) in [6, 6.07) is 14.3. The molecule has 0 radical (unpaired) electrons. The zero-order chi connectivity index (χ0) is 26.7. The number of nitrogens with one attached hydrogen (secondary N) is 2. The van der Waals surface area contributed by atoms with E-state index in [1.807, 2.05) is 6.07 Å². The monoisotopic (exact) mass is 543 g/mol. The fourth-order valence-corrected chi connectivity index (χ4v) is 4.07. The minimum atomic E-state index is -4.64. The highest BCUT2D eigenvalue weighted by Crippen LogP contribution is 2.36. The molecule has 0 unspecified atom stereocenters. The molecule has 1 aliphatic heterocycles. The van der Waals surface area contributed by atoms with Crippen LogP contribution in [0.25, 0.3) is 11.0 Å². The number of amides is 2. The SMILES string of the molecule is O=C(Nc1ccc(Oc2ccc3ncc(N4CCOCC4)nc3c2)cc1)Nc1ccc(Cl)c(C(F)(F)F)c1. The van der Waals surface area contributed by atoms with Gasteiger partial charge in [-0.1, -0.05) is 11.6 Å². The number of hydrogen-bond donors (Lipinski definition) is 2. The first-order chi connectivity index (χ1) is 18.2. The Morgan fingerprint density at radius 2 is 1.61 bits per heavy atom. The van der Waals surface area contributed by atoms with Crippen LogP contribution < -0.4 is 20.3 Å². The molecule has 4 aromatic rings. The summed E-state index contributed by atoms with van der Waals surface area (Å²) in [6.07, 6.45) is -2.89. The Morgan fingerprint density at radius 3 is 2.34 bits per heavy atom. The van der Waals surface area contributed by atoms with Gasteiger partial charge < -0.3 is 25.0 Å². The average Bonchev–Trinajstić information content (AvgIpc) is 2.90. The Labute approximate surface area is 220 Å². The molecule has 2 amide bonds. The molecule has 196 valence electrons.